The number of likely N-dealkylation sites (tertiary alicyclic amines) is 1. The molecule has 3 nitrogen and oxygen atoms in total. The number of carbonyl (C=O) groups excluding carboxylic acids is 1. The van der Waals surface area contributed by atoms with Crippen molar-refractivity contribution in [3.05, 3.63) is 114 Å². The van der Waals surface area contributed by atoms with E-state index in [0.717, 1.165) is 30.8 Å². The summed E-state index contributed by atoms with van der Waals surface area (Å²) in [6.07, 6.45) is 2.80. The molecule has 3 aromatic carbocycles. The summed E-state index contributed by atoms with van der Waals surface area (Å²) in [6, 6.07) is 29.1. The summed E-state index contributed by atoms with van der Waals surface area (Å²) in [6.45, 7) is 6.36. The monoisotopic (exact) mass is 394 g/mol. The van der Waals surface area contributed by atoms with Crippen LogP contribution in [-0.2, 0) is 23.3 Å². The largest absolute Gasteiger partial charge is 0.359 e. The summed E-state index contributed by atoms with van der Waals surface area (Å²) in [5, 5.41) is 0. The third kappa shape index (κ3) is 2.85. The number of nitrogens with zero attached hydrogens (tertiary/aromatic N) is 2. The Labute approximate surface area is 178 Å². The van der Waals surface area contributed by atoms with Crippen LogP contribution in [0.15, 0.2) is 97.6 Å². The number of carbonyl (C=O) groups is 1. The molecule has 0 saturated carbocycles. The first-order valence-electron chi connectivity index (χ1n) is 10.6. The minimum atomic E-state index is -0.554. The van der Waals surface area contributed by atoms with Crippen molar-refractivity contribution >= 4 is 11.6 Å². The van der Waals surface area contributed by atoms with Crippen molar-refractivity contribution in [3.63, 3.8) is 0 Å². The molecule has 0 aliphatic carbocycles. The van der Waals surface area contributed by atoms with Gasteiger partial charge in [-0.1, -0.05) is 84.9 Å². The lowest BCUT2D eigenvalue weighted by Crippen LogP contribution is -2.48. The van der Waals surface area contributed by atoms with E-state index in [1.807, 2.05) is 35.2 Å². The third-order valence-corrected chi connectivity index (χ3v) is 6.61. The molecule has 0 radical (unpaired) electrons. The second kappa shape index (κ2) is 7.49. The zero-order valence-electron chi connectivity index (χ0n) is 17.1. The second-order valence-electron chi connectivity index (χ2n) is 8.24. The van der Waals surface area contributed by atoms with Gasteiger partial charge in [0.05, 0.1) is 6.04 Å². The van der Waals surface area contributed by atoms with Crippen molar-refractivity contribution in [2.45, 2.75) is 31.0 Å². The van der Waals surface area contributed by atoms with Gasteiger partial charge in [0.15, 0.2) is 0 Å². The van der Waals surface area contributed by atoms with Gasteiger partial charge in [-0.2, -0.15) is 0 Å². The van der Waals surface area contributed by atoms with Crippen LogP contribution in [0.4, 0.5) is 5.69 Å². The topological polar surface area (TPSA) is 23.6 Å². The number of fused-ring (bicyclic) bond motifs is 2. The van der Waals surface area contributed by atoms with Crippen LogP contribution < -0.4 is 4.90 Å². The summed E-state index contributed by atoms with van der Waals surface area (Å²) in [5.41, 5.74) is 4.16. The zero-order valence-corrected chi connectivity index (χ0v) is 17.1. The van der Waals surface area contributed by atoms with E-state index in [4.69, 9.17) is 0 Å². The van der Waals surface area contributed by atoms with Crippen LogP contribution in [-0.4, -0.2) is 23.4 Å². The van der Waals surface area contributed by atoms with Crippen molar-refractivity contribution < 1.29 is 4.79 Å². The highest BCUT2D eigenvalue weighted by Gasteiger charge is 2.58. The molecule has 1 fully saturated rings. The van der Waals surface area contributed by atoms with E-state index in [-0.39, 0.29) is 11.9 Å². The van der Waals surface area contributed by atoms with E-state index < -0.39 is 5.41 Å². The fraction of sp³-hybridized carbons (Fsp3) is 0.222. The predicted octanol–water partition coefficient (Wildman–Crippen LogP) is 4.93. The first kappa shape index (κ1) is 18.7. The van der Waals surface area contributed by atoms with E-state index in [2.05, 4.69) is 72.1 Å². The maximum atomic E-state index is 13.9. The first-order valence-corrected chi connectivity index (χ1v) is 10.6. The Morgan fingerprint density at radius 3 is 2.13 bits per heavy atom. The van der Waals surface area contributed by atoms with Crippen molar-refractivity contribution in [3.8, 4) is 0 Å². The van der Waals surface area contributed by atoms with Crippen molar-refractivity contribution in [2.24, 2.45) is 0 Å². The minimum Gasteiger partial charge on any atom is -0.359 e. The Morgan fingerprint density at radius 1 is 0.867 bits per heavy atom. The number of anilines is 1. The summed E-state index contributed by atoms with van der Waals surface area (Å²) in [5.74, 6) is 0.222. The maximum absolute atomic E-state index is 13.9. The molecule has 5 rings (SSSR count). The second-order valence-corrected chi connectivity index (χ2v) is 8.24. The van der Waals surface area contributed by atoms with Crippen LogP contribution in [0, 0.1) is 0 Å². The van der Waals surface area contributed by atoms with E-state index in [1.54, 1.807) is 0 Å². The molecule has 0 unspecified atom stereocenters. The van der Waals surface area contributed by atoms with Crippen molar-refractivity contribution in [2.75, 3.05) is 11.4 Å². The SMILES string of the molecule is C=C[C@H]1N(Cc2ccccc2)c2ccccc2[C@@]12CCN(Cc1ccccc1)C2=O. The lowest BCUT2D eigenvalue weighted by Gasteiger charge is -2.33. The van der Waals surface area contributed by atoms with Crippen molar-refractivity contribution in [1.82, 2.24) is 4.90 Å². The summed E-state index contributed by atoms with van der Waals surface area (Å²) >= 11 is 0. The maximum Gasteiger partial charge on any atom is 0.236 e. The van der Waals surface area contributed by atoms with Crippen LogP contribution in [0.3, 0.4) is 0 Å². The molecule has 2 heterocycles. The summed E-state index contributed by atoms with van der Waals surface area (Å²) in [4.78, 5) is 18.3. The highest BCUT2D eigenvalue weighted by Crippen LogP contribution is 2.52. The van der Waals surface area contributed by atoms with Gasteiger partial charge in [0.25, 0.3) is 0 Å². The molecular weight excluding hydrogens is 368 g/mol. The predicted molar refractivity (Wildman–Crippen MR) is 121 cm³/mol. The molecule has 2 aliphatic rings. The smallest absolute Gasteiger partial charge is 0.236 e. The van der Waals surface area contributed by atoms with Gasteiger partial charge in [-0.3, -0.25) is 4.79 Å². The highest BCUT2D eigenvalue weighted by molar-refractivity contribution is 5.96. The number of amides is 1. The van der Waals surface area contributed by atoms with Crippen LogP contribution in [0.2, 0.25) is 0 Å². The van der Waals surface area contributed by atoms with Gasteiger partial charge in [0.1, 0.15) is 5.41 Å². The molecule has 3 aromatic rings. The number of benzene rings is 3. The van der Waals surface area contributed by atoms with Gasteiger partial charge in [0.2, 0.25) is 5.91 Å². The molecule has 150 valence electrons. The zero-order chi connectivity index (χ0) is 20.6. The third-order valence-electron chi connectivity index (χ3n) is 6.61. The van der Waals surface area contributed by atoms with E-state index in [1.165, 1.54) is 11.1 Å². The van der Waals surface area contributed by atoms with Gasteiger partial charge < -0.3 is 9.80 Å². The molecule has 3 heteroatoms. The average molecular weight is 395 g/mol. The number of hydrogen-bond donors (Lipinski definition) is 0. The van der Waals surface area contributed by atoms with E-state index >= 15 is 0 Å². The molecular formula is C27H26N2O. The van der Waals surface area contributed by atoms with Crippen LogP contribution in [0.25, 0.3) is 0 Å². The Balaban J connectivity index is 1.53. The lowest BCUT2D eigenvalue weighted by atomic mass is 9.75. The number of para-hydroxylation sites is 1. The van der Waals surface area contributed by atoms with Gasteiger partial charge >= 0.3 is 0 Å². The Bertz CT molecular complexity index is 1060. The van der Waals surface area contributed by atoms with Crippen molar-refractivity contribution in [1.29, 1.82) is 0 Å². The highest BCUT2D eigenvalue weighted by atomic mass is 16.2. The molecule has 1 amide bonds. The van der Waals surface area contributed by atoms with Gasteiger partial charge in [-0.05, 0) is 29.2 Å². The number of rotatable bonds is 5. The average Bonchev–Trinajstić information content (AvgIpc) is 3.25. The van der Waals surface area contributed by atoms with Gasteiger partial charge in [-0.15, -0.1) is 6.58 Å². The standard InChI is InChI=1S/C27H26N2O/c1-2-25-27(17-18-28(26(27)30)19-21-11-5-3-6-12-21)23-15-9-10-16-24(23)29(25)20-22-13-7-4-8-14-22/h2-16,25H,1,17-20H2/t25-,27+/m1/s1. The number of hydrogen-bond acceptors (Lipinski definition) is 2. The first-order chi connectivity index (χ1) is 14.7. The Morgan fingerprint density at radius 2 is 1.47 bits per heavy atom. The van der Waals surface area contributed by atoms with E-state index in [0.29, 0.717) is 6.54 Å². The molecule has 0 aromatic heterocycles. The van der Waals surface area contributed by atoms with Crippen LogP contribution >= 0.6 is 0 Å². The normalized spacial score (nSPS) is 22.5. The quantitative estimate of drug-likeness (QED) is 0.573. The summed E-state index contributed by atoms with van der Waals surface area (Å²) < 4.78 is 0. The van der Waals surface area contributed by atoms with Crippen LogP contribution in [0.5, 0.6) is 0 Å². The minimum absolute atomic E-state index is 0.0524. The fourth-order valence-electron chi connectivity index (χ4n) is 5.25. The molecule has 1 saturated heterocycles. The Hall–Kier alpha value is -3.33. The Kier molecular flexibility index (Phi) is 4.66. The fourth-order valence-corrected chi connectivity index (χ4v) is 5.25. The molecule has 0 N–H and O–H groups in total. The molecule has 1 spiro atoms. The lowest BCUT2D eigenvalue weighted by molar-refractivity contribution is -0.133. The molecule has 0 bridgehead atoms. The van der Waals surface area contributed by atoms with Gasteiger partial charge in [-0.25, -0.2) is 0 Å². The molecule has 2 aliphatic heterocycles. The summed E-state index contributed by atoms with van der Waals surface area (Å²) in [7, 11) is 0. The molecule has 30 heavy (non-hydrogen) atoms. The molecule has 2 atom stereocenters. The van der Waals surface area contributed by atoms with Crippen LogP contribution in [0.1, 0.15) is 23.1 Å². The van der Waals surface area contributed by atoms with Gasteiger partial charge in [0, 0.05) is 25.3 Å². The van der Waals surface area contributed by atoms with E-state index in [9.17, 15) is 4.79 Å².